The van der Waals surface area contributed by atoms with E-state index < -0.39 is 10.0 Å². The first-order chi connectivity index (χ1) is 13.2. The van der Waals surface area contributed by atoms with E-state index in [0.29, 0.717) is 29.7 Å². The largest absolute Gasteiger partial charge is 0.379 e. The van der Waals surface area contributed by atoms with Crippen molar-refractivity contribution in [1.29, 1.82) is 0 Å². The Morgan fingerprint density at radius 1 is 1.18 bits per heavy atom. The number of nitrogens with one attached hydrogen (secondary N) is 2. The summed E-state index contributed by atoms with van der Waals surface area (Å²) in [5, 5.41) is 2.78. The van der Waals surface area contributed by atoms with Gasteiger partial charge in [-0.1, -0.05) is 12.1 Å². The van der Waals surface area contributed by atoms with Gasteiger partial charge in [0.25, 0.3) is 15.9 Å². The minimum Gasteiger partial charge on any atom is -0.379 e. The summed E-state index contributed by atoms with van der Waals surface area (Å²) in [5.74, 6) is -0.321. The number of benzene rings is 2. The first-order valence-corrected chi connectivity index (χ1v) is 11.3. The van der Waals surface area contributed by atoms with E-state index >= 15 is 0 Å². The molecule has 6 nitrogen and oxygen atoms in total. The summed E-state index contributed by atoms with van der Waals surface area (Å²) >= 11 is 3.34. The molecule has 2 rings (SSSR count). The molecule has 28 heavy (non-hydrogen) atoms. The summed E-state index contributed by atoms with van der Waals surface area (Å²) in [6, 6.07) is 11.3. The Labute approximate surface area is 174 Å². The molecule has 2 aromatic rings. The Balaban J connectivity index is 2.06. The lowest BCUT2D eigenvalue weighted by atomic mass is 10.2. The van der Waals surface area contributed by atoms with Crippen molar-refractivity contribution in [3.05, 3.63) is 58.1 Å². The van der Waals surface area contributed by atoms with Crippen LogP contribution in [0.4, 0.5) is 5.69 Å². The number of rotatable bonds is 9. The number of carbonyl (C=O) groups is 1. The molecular formula is C20H25BrN2O4S. The lowest BCUT2D eigenvalue weighted by Gasteiger charge is -2.12. The van der Waals surface area contributed by atoms with Gasteiger partial charge in [-0.2, -0.15) is 0 Å². The molecule has 0 bridgehead atoms. The molecule has 0 aliphatic heterocycles. The predicted molar refractivity (Wildman–Crippen MR) is 114 cm³/mol. The van der Waals surface area contributed by atoms with Crippen LogP contribution in [-0.2, 0) is 14.8 Å². The van der Waals surface area contributed by atoms with Gasteiger partial charge in [-0.05, 0) is 79.0 Å². The third-order valence-corrected chi connectivity index (χ3v) is 5.89. The lowest BCUT2D eigenvalue weighted by Crippen LogP contribution is -2.26. The van der Waals surface area contributed by atoms with Gasteiger partial charge in [0.1, 0.15) is 0 Å². The van der Waals surface area contributed by atoms with Gasteiger partial charge in [-0.25, -0.2) is 8.42 Å². The Morgan fingerprint density at radius 2 is 1.93 bits per heavy atom. The van der Waals surface area contributed by atoms with Crippen LogP contribution in [0.25, 0.3) is 0 Å². The van der Waals surface area contributed by atoms with Gasteiger partial charge < -0.3 is 10.1 Å². The second kappa shape index (κ2) is 10.0. The van der Waals surface area contributed by atoms with Crippen LogP contribution in [0.2, 0.25) is 0 Å². The van der Waals surface area contributed by atoms with Gasteiger partial charge >= 0.3 is 0 Å². The molecule has 0 fully saturated rings. The normalized spacial score (nSPS) is 11.5. The first-order valence-electron chi connectivity index (χ1n) is 8.98. The number of halogens is 1. The Kier molecular flexibility index (Phi) is 8.03. The van der Waals surface area contributed by atoms with E-state index in [2.05, 4.69) is 26.0 Å². The average molecular weight is 469 g/mol. The van der Waals surface area contributed by atoms with E-state index in [0.717, 1.165) is 5.56 Å². The molecule has 0 heterocycles. The van der Waals surface area contributed by atoms with Crippen LogP contribution >= 0.6 is 15.9 Å². The molecule has 0 spiro atoms. The molecule has 2 aromatic carbocycles. The zero-order valence-corrected chi connectivity index (χ0v) is 18.6. The van der Waals surface area contributed by atoms with Crippen LogP contribution in [0.5, 0.6) is 0 Å². The van der Waals surface area contributed by atoms with Crippen molar-refractivity contribution in [3.63, 3.8) is 0 Å². The maximum absolute atomic E-state index is 12.7. The highest BCUT2D eigenvalue weighted by Crippen LogP contribution is 2.26. The van der Waals surface area contributed by atoms with Gasteiger partial charge in [-0.15, -0.1) is 0 Å². The van der Waals surface area contributed by atoms with Gasteiger partial charge in [0.15, 0.2) is 0 Å². The Hall–Kier alpha value is -1.90. The van der Waals surface area contributed by atoms with E-state index in [1.54, 1.807) is 24.3 Å². The van der Waals surface area contributed by atoms with Crippen LogP contribution in [0.15, 0.2) is 51.8 Å². The zero-order valence-electron chi connectivity index (χ0n) is 16.2. The molecule has 152 valence electrons. The minimum atomic E-state index is -3.83. The summed E-state index contributed by atoms with van der Waals surface area (Å²) in [4.78, 5) is 12.3. The number of amides is 1. The highest BCUT2D eigenvalue weighted by atomic mass is 79.9. The van der Waals surface area contributed by atoms with Crippen molar-refractivity contribution in [1.82, 2.24) is 5.32 Å². The molecule has 0 aliphatic rings. The van der Waals surface area contributed by atoms with Crippen molar-refractivity contribution >= 4 is 37.5 Å². The summed E-state index contributed by atoms with van der Waals surface area (Å²) in [6.07, 6.45) is 0.837. The second-order valence-corrected chi connectivity index (χ2v) is 9.18. The Morgan fingerprint density at radius 3 is 2.64 bits per heavy atom. The van der Waals surface area contributed by atoms with E-state index in [4.69, 9.17) is 4.74 Å². The SMILES string of the molecule is Cc1ccc(Br)c(NS(=O)(=O)c2cccc(C(=O)NCCCOC(C)C)c2)c1. The van der Waals surface area contributed by atoms with Gasteiger partial charge in [0.2, 0.25) is 0 Å². The zero-order chi connectivity index (χ0) is 20.7. The molecule has 2 N–H and O–H groups in total. The maximum Gasteiger partial charge on any atom is 0.261 e. The standard InChI is InChI=1S/C20H25BrN2O4S/c1-14(2)27-11-5-10-22-20(24)16-6-4-7-17(13-16)28(25,26)23-19-12-15(3)8-9-18(19)21/h4,6-9,12-14,23H,5,10-11H2,1-3H3,(H,22,24). The van der Waals surface area contributed by atoms with Crippen LogP contribution in [-0.4, -0.2) is 33.6 Å². The van der Waals surface area contributed by atoms with Crippen molar-refractivity contribution in [2.75, 3.05) is 17.9 Å². The second-order valence-electron chi connectivity index (χ2n) is 6.65. The monoisotopic (exact) mass is 468 g/mol. The highest BCUT2D eigenvalue weighted by molar-refractivity contribution is 9.10. The third-order valence-electron chi connectivity index (χ3n) is 3.83. The molecule has 0 radical (unpaired) electrons. The molecule has 0 aromatic heterocycles. The van der Waals surface area contributed by atoms with E-state index in [-0.39, 0.29) is 22.5 Å². The number of aryl methyl sites for hydroxylation is 1. The molecule has 8 heteroatoms. The van der Waals surface area contributed by atoms with E-state index in [1.165, 1.54) is 12.1 Å². The fourth-order valence-electron chi connectivity index (χ4n) is 2.42. The van der Waals surface area contributed by atoms with Crippen LogP contribution in [0, 0.1) is 6.92 Å². The van der Waals surface area contributed by atoms with Gasteiger partial charge in [0.05, 0.1) is 16.7 Å². The van der Waals surface area contributed by atoms with Crippen molar-refractivity contribution in [2.24, 2.45) is 0 Å². The van der Waals surface area contributed by atoms with Crippen LogP contribution < -0.4 is 10.0 Å². The fraction of sp³-hybridized carbons (Fsp3) is 0.350. The quantitative estimate of drug-likeness (QED) is 0.542. The maximum atomic E-state index is 12.7. The molecule has 0 unspecified atom stereocenters. The Bertz CT molecular complexity index is 930. The van der Waals surface area contributed by atoms with Crippen molar-refractivity contribution < 1.29 is 17.9 Å². The topological polar surface area (TPSA) is 84.5 Å². The molecular weight excluding hydrogens is 444 g/mol. The van der Waals surface area contributed by atoms with E-state index in [9.17, 15) is 13.2 Å². The van der Waals surface area contributed by atoms with Gasteiger partial charge in [-0.3, -0.25) is 9.52 Å². The number of anilines is 1. The number of hydrogen-bond donors (Lipinski definition) is 2. The fourth-order valence-corrected chi connectivity index (χ4v) is 4.01. The van der Waals surface area contributed by atoms with Crippen LogP contribution in [0.3, 0.4) is 0 Å². The van der Waals surface area contributed by atoms with Crippen molar-refractivity contribution in [2.45, 2.75) is 38.2 Å². The summed E-state index contributed by atoms with van der Waals surface area (Å²) in [6.45, 7) is 6.79. The number of hydrogen-bond acceptors (Lipinski definition) is 4. The molecule has 0 aliphatic carbocycles. The van der Waals surface area contributed by atoms with Gasteiger partial charge in [0, 0.05) is 23.2 Å². The highest BCUT2D eigenvalue weighted by Gasteiger charge is 2.17. The summed E-state index contributed by atoms with van der Waals surface area (Å²) in [5.41, 5.74) is 1.66. The predicted octanol–water partition coefficient (Wildman–Crippen LogP) is 4.10. The summed E-state index contributed by atoms with van der Waals surface area (Å²) < 4.78 is 34.1. The number of carbonyl (C=O) groups excluding carboxylic acids is 1. The molecule has 0 saturated heterocycles. The number of sulfonamides is 1. The van der Waals surface area contributed by atoms with E-state index in [1.807, 2.05) is 26.8 Å². The third kappa shape index (κ3) is 6.61. The molecule has 0 atom stereocenters. The summed E-state index contributed by atoms with van der Waals surface area (Å²) in [7, 11) is -3.83. The first kappa shape index (κ1) is 22.4. The minimum absolute atomic E-state index is 0.0247. The molecule has 0 saturated carbocycles. The lowest BCUT2D eigenvalue weighted by molar-refractivity contribution is 0.0757. The van der Waals surface area contributed by atoms with Crippen molar-refractivity contribution in [3.8, 4) is 0 Å². The average Bonchev–Trinajstić information content (AvgIpc) is 2.64. The molecule has 1 amide bonds. The van der Waals surface area contributed by atoms with Crippen LogP contribution in [0.1, 0.15) is 36.2 Å². The number of ether oxygens (including phenoxy) is 1. The smallest absolute Gasteiger partial charge is 0.261 e.